The summed E-state index contributed by atoms with van der Waals surface area (Å²) in [5, 5.41) is 0. The van der Waals surface area contributed by atoms with Gasteiger partial charge in [-0.25, -0.2) is 0 Å². The van der Waals surface area contributed by atoms with Gasteiger partial charge in [0.1, 0.15) is 17.3 Å². The van der Waals surface area contributed by atoms with E-state index in [0.717, 1.165) is 91.2 Å². The van der Waals surface area contributed by atoms with Crippen LogP contribution in [0.2, 0.25) is 0 Å². The van der Waals surface area contributed by atoms with Gasteiger partial charge in [0.25, 0.3) is 0 Å². The van der Waals surface area contributed by atoms with Crippen molar-refractivity contribution < 1.29 is 19.2 Å². The van der Waals surface area contributed by atoms with Crippen LogP contribution in [0.5, 0.6) is 0 Å². The predicted octanol–water partition coefficient (Wildman–Crippen LogP) is 8.79. The second kappa shape index (κ2) is 14.5. The molecule has 4 heteroatoms. The van der Waals surface area contributed by atoms with Crippen molar-refractivity contribution in [2.75, 3.05) is 0 Å². The van der Waals surface area contributed by atoms with Gasteiger partial charge in [0.2, 0.25) is 0 Å². The van der Waals surface area contributed by atoms with Crippen LogP contribution in [0, 0.1) is 37.5 Å². The minimum atomic E-state index is -0.136. The van der Waals surface area contributed by atoms with Gasteiger partial charge in [0, 0.05) is 30.2 Å². The lowest BCUT2D eigenvalue weighted by Crippen LogP contribution is -2.30. The van der Waals surface area contributed by atoms with Crippen LogP contribution in [-0.4, -0.2) is 23.1 Å². The monoisotopic (exact) mass is 570 g/mol. The number of benzene rings is 2. The molecule has 2 aromatic rings. The van der Waals surface area contributed by atoms with Gasteiger partial charge in [0.15, 0.2) is 5.78 Å². The molecule has 0 N–H and O–H groups in total. The SMILES string of the molecule is CCCC(CC1CC(=O)c2c(C)c(CCC(=O)C3CCCC3)cc(-c3ccc(C)cc3)c2C1)C(CC)C(=O)CC(C)=O. The average molecular weight is 571 g/mol. The number of Topliss-reactive ketones (excluding diaryl/α,β-unsaturated/α-hetero) is 4. The van der Waals surface area contributed by atoms with E-state index in [2.05, 4.69) is 51.1 Å². The highest BCUT2D eigenvalue weighted by atomic mass is 16.1. The van der Waals surface area contributed by atoms with E-state index in [9.17, 15) is 19.2 Å². The number of hydrogen-bond donors (Lipinski definition) is 0. The molecule has 3 unspecified atom stereocenters. The Morgan fingerprint density at radius 2 is 1.67 bits per heavy atom. The second-order valence-corrected chi connectivity index (χ2v) is 13.2. The molecule has 4 rings (SSSR count). The summed E-state index contributed by atoms with van der Waals surface area (Å²) in [6.45, 7) is 9.83. The van der Waals surface area contributed by atoms with Crippen molar-refractivity contribution in [1.29, 1.82) is 0 Å². The molecule has 226 valence electrons. The first kappa shape index (κ1) is 32.0. The fourth-order valence-corrected chi connectivity index (χ4v) is 7.82. The van der Waals surface area contributed by atoms with E-state index in [1.165, 1.54) is 12.5 Å². The molecule has 0 saturated heterocycles. The first-order valence-corrected chi connectivity index (χ1v) is 16.4. The van der Waals surface area contributed by atoms with Crippen molar-refractivity contribution >= 4 is 23.1 Å². The van der Waals surface area contributed by atoms with Gasteiger partial charge in [-0.3, -0.25) is 19.2 Å². The van der Waals surface area contributed by atoms with E-state index in [-0.39, 0.29) is 47.4 Å². The van der Waals surface area contributed by atoms with Crippen LogP contribution in [0.25, 0.3) is 11.1 Å². The topological polar surface area (TPSA) is 68.3 Å². The molecule has 0 aliphatic heterocycles. The number of carbonyl (C=O) groups is 4. The van der Waals surface area contributed by atoms with E-state index >= 15 is 0 Å². The number of aryl methyl sites for hydroxylation is 2. The molecule has 0 amide bonds. The summed E-state index contributed by atoms with van der Waals surface area (Å²) in [7, 11) is 0. The summed E-state index contributed by atoms with van der Waals surface area (Å²) in [6.07, 6.45) is 10.3. The molecule has 0 spiro atoms. The minimum absolute atomic E-state index is 0.00788. The lowest BCUT2D eigenvalue weighted by Gasteiger charge is -2.33. The second-order valence-electron chi connectivity index (χ2n) is 13.2. The largest absolute Gasteiger partial charge is 0.300 e. The van der Waals surface area contributed by atoms with Crippen molar-refractivity contribution in [2.45, 2.75) is 118 Å². The standard InChI is InChI=1S/C38H50O4/c1-6-10-31(32(7-2)36(41)19-25(4)39)20-27-21-34-33(28-15-13-24(3)14-16-28)23-30(26(5)38(34)37(42)22-27)17-18-35(40)29-11-8-9-12-29/h13-16,23,27,29,31-32H,6-12,17-22H2,1-5H3. The Labute approximate surface area is 253 Å². The van der Waals surface area contributed by atoms with Crippen molar-refractivity contribution in [1.82, 2.24) is 0 Å². The van der Waals surface area contributed by atoms with Crippen molar-refractivity contribution in [3.63, 3.8) is 0 Å². The molecule has 2 aliphatic rings. The average Bonchev–Trinajstić information content (AvgIpc) is 3.48. The van der Waals surface area contributed by atoms with Crippen LogP contribution in [0.15, 0.2) is 30.3 Å². The highest BCUT2D eigenvalue weighted by molar-refractivity contribution is 6.02. The molecule has 0 radical (unpaired) electrons. The lowest BCUT2D eigenvalue weighted by molar-refractivity contribution is -0.130. The number of fused-ring (bicyclic) bond motifs is 1. The zero-order chi connectivity index (χ0) is 30.4. The Morgan fingerprint density at radius 3 is 2.29 bits per heavy atom. The Balaban J connectivity index is 1.66. The predicted molar refractivity (Wildman–Crippen MR) is 170 cm³/mol. The van der Waals surface area contributed by atoms with Gasteiger partial charge in [-0.05, 0) is 98.9 Å². The van der Waals surface area contributed by atoms with E-state index in [0.29, 0.717) is 25.0 Å². The molecule has 1 saturated carbocycles. The Hall–Kier alpha value is -2.88. The third-order valence-corrected chi connectivity index (χ3v) is 10.0. The lowest BCUT2D eigenvalue weighted by atomic mass is 9.70. The number of ketones is 4. The first-order chi connectivity index (χ1) is 20.1. The molecule has 2 aliphatic carbocycles. The minimum Gasteiger partial charge on any atom is -0.300 e. The molecule has 4 nitrogen and oxygen atoms in total. The van der Waals surface area contributed by atoms with Crippen molar-refractivity contribution in [2.24, 2.45) is 23.7 Å². The Kier molecular flexibility index (Phi) is 11.1. The summed E-state index contributed by atoms with van der Waals surface area (Å²) < 4.78 is 0. The quantitative estimate of drug-likeness (QED) is 0.213. The van der Waals surface area contributed by atoms with Gasteiger partial charge >= 0.3 is 0 Å². The maximum absolute atomic E-state index is 13.9. The van der Waals surface area contributed by atoms with Crippen LogP contribution in [0.4, 0.5) is 0 Å². The molecule has 0 bridgehead atoms. The Bertz CT molecular complexity index is 1300. The smallest absolute Gasteiger partial charge is 0.163 e. The normalized spacial score (nSPS) is 18.5. The van der Waals surface area contributed by atoms with Gasteiger partial charge < -0.3 is 0 Å². The summed E-state index contributed by atoms with van der Waals surface area (Å²) in [4.78, 5) is 51.7. The summed E-state index contributed by atoms with van der Waals surface area (Å²) in [5.41, 5.74) is 7.56. The zero-order valence-electron chi connectivity index (χ0n) is 26.5. The molecule has 2 aromatic carbocycles. The van der Waals surface area contributed by atoms with Crippen molar-refractivity contribution in [3.05, 3.63) is 58.1 Å². The molecule has 3 atom stereocenters. The molecular formula is C38H50O4. The third kappa shape index (κ3) is 7.54. The van der Waals surface area contributed by atoms with Crippen LogP contribution in [0.3, 0.4) is 0 Å². The van der Waals surface area contributed by atoms with Crippen LogP contribution < -0.4 is 0 Å². The molecule has 1 fully saturated rings. The molecule has 0 heterocycles. The highest BCUT2D eigenvalue weighted by Crippen LogP contribution is 2.41. The molecular weight excluding hydrogens is 520 g/mol. The van der Waals surface area contributed by atoms with Crippen molar-refractivity contribution in [3.8, 4) is 11.1 Å². The van der Waals surface area contributed by atoms with Crippen LogP contribution in [-0.2, 0) is 27.2 Å². The zero-order valence-corrected chi connectivity index (χ0v) is 26.5. The maximum atomic E-state index is 13.9. The van der Waals surface area contributed by atoms with Crippen LogP contribution >= 0.6 is 0 Å². The van der Waals surface area contributed by atoms with Gasteiger partial charge in [-0.15, -0.1) is 0 Å². The van der Waals surface area contributed by atoms with E-state index < -0.39 is 0 Å². The first-order valence-electron chi connectivity index (χ1n) is 16.4. The van der Waals surface area contributed by atoms with Gasteiger partial charge in [0.05, 0.1) is 6.42 Å². The third-order valence-electron chi connectivity index (χ3n) is 10.0. The van der Waals surface area contributed by atoms with E-state index in [1.807, 2.05) is 6.92 Å². The maximum Gasteiger partial charge on any atom is 0.163 e. The summed E-state index contributed by atoms with van der Waals surface area (Å²) in [6, 6.07) is 10.8. The molecule has 42 heavy (non-hydrogen) atoms. The number of carbonyl (C=O) groups excluding carboxylic acids is 4. The summed E-state index contributed by atoms with van der Waals surface area (Å²) in [5.74, 6) is 0.966. The van der Waals surface area contributed by atoms with Crippen LogP contribution in [0.1, 0.15) is 124 Å². The Morgan fingerprint density at radius 1 is 0.976 bits per heavy atom. The number of hydrogen-bond acceptors (Lipinski definition) is 4. The van der Waals surface area contributed by atoms with E-state index in [1.54, 1.807) is 0 Å². The highest BCUT2D eigenvalue weighted by Gasteiger charge is 2.35. The number of rotatable bonds is 14. The van der Waals surface area contributed by atoms with Gasteiger partial charge in [-0.2, -0.15) is 0 Å². The fourth-order valence-electron chi connectivity index (χ4n) is 7.82. The van der Waals surface area contributed by atoms with E-state index in [4.69, 9.17) is 0 Å². The summed E-state index contributed by atoms with van der Waals surface area (Å²) >= 11 is 0. The fraction of sp³-hybridized carbons (Fsp3) is 0.579. The van der Waals surface area contributed by atoms with Gasteiger partial charge in [-0.1, -0.05) is 75.4 Å². The molecule has 0 aromatic heterocycles.